The topological polar surface area (TPSA) is 84.0 Å². The monoisotopic (exact) mass is 428 g/mol. The van der Waals surface area contributed by atoms with Gasteiger partial charge < -0.3 is 5.32 Å². The zero-order chi connectivity index (χ0) is 21.0. The number of carbonyl (C=O) groups is 2. The van der Waals surface area contributed by atoms with E-state index in [0.29, 0.717) is 20.7 Å². The van der Waals surface area contributed by atoms with Crippen LogP contribution in [0.1, 0.15) is 29.8 Å². The van der Waals surface area contributed by atoms with Gasteiger partial charge in [0.1, 0.15) is 6.04 Å². The molecule has 150 valence electrons. The highest BCUT2D eigenvalue weighted by Gasteiger charge is 2.26. The Kier molecular flexibility index (Phi) is 6.61. The van der Waals surface area contributed by atoms with Crippen LogP contribution in [0.15, 0.2) is 48.5 Å². The first-order valence-corrected chi connectivity index (χ1v) is 10.3. The van der Waals surface area contributed by atoms with Crippen LogP contribution in [0.4, 0.5) is 5.13 Å². The molecular weight excluding hydrogens is 408 g/mol. The van der Waals surface area contributed by atoms with Crippen LogP contribution in [0.2, 0.25) is 5.02 Å². The van der Waals surface area contributed by atoms with E-state index in [1.807, 2.05) is 51.1 Å². The molecule has 0 saturated heterocycles. The number of carbonyl (C=O) groups excluding carboxylic acids is 2. The lowest BCUT2D eigenvalue weighted by molar-refractivity contribution is -0.118. The Hall–Kier alpha value is -2.77. The van der Waals surface area contributed by atoms with E-state index in [4.69, 9.17) is 11.6 Å². The summed E-state index contributed by atoms with van der Waals surface area (Å²) in [6, 6.07) is 13.8. The van der Waals surface area contributed by atoms with E-state index in [1.165, 1.54) is 11.3 Å². The molecule has 1 aromatic heterocycles. The Morgan fingerprint density at radius 3 is 2.41 bits per heavy atom. The van der Waals surface area contributed by atoms with E-state index in [0.717, 1.165) is 11.1 Å². The Morgan fingerprint density at radius 2 is 1.72 bits per heavy atom. The molecule has 29 heavy (non-hydrogen) atoms. The van der Waals surface area contributed by atoms with Gasteiger partial charge in [0, 0.05) is 11.1 Å². The molecular formula is C21H21ClN4O2S. The zero-order valence-corrected chi connectivity index (χ0v) is 17.8. The van der Waals surface area contributed by atoms with Gasteiger partial charge in [-0.15, -0.1) is 10.2 Å². The third kappa shape index (κ3) is 4.99. The van der Waals surface area contributed by atoms with Crippen molar-refractivity contribution in [3.05, 3.63) is 64.7 Å². The molecule has 1 atom stereocenters. The van der Waals surface area contributed by atoms with Gasteiger partial charge in [-0.1, -0.05) is 73.2 Å². The van der Waals surface area contributed by atoms with E-state index >= 15 is 0 Å². The third-order valence-electron chi connectivity index (χ3n) is 4.38. The maximum Gasteiger partial charge on any atom is 0.252 e. The highest BCUT2D eigenvalue weighted by atomic mass is 35.5. The number of halogens is 1. The molecule has 0 saturated carbocycles. The second kappa shape index (κ2) is 9.15. The van der Waals surface area contributed by atoms with Crippen molar-refractivity contribution in [2.45, 2.75) is 26.8 Å². The molecule has 3 rings (SSSR count). The highest BCUT2D eigenvalue weighted by molar-refractivity contribution is 7.18. The molecule has 6 nitrogen and oxygen atoms in total. The predicted molar refractivity (Wildman–Crippen MR) is 116 cm³/mol. The molecule has 2 N–H and O–H groups in total. The minimum Gasteiger partial charge on any atom is -0.340 e. The molecule has 0 spiro atoms. The van der Waals surface area contributed by atoms with Gasteiger partial charge in [-0.25, -0.2) is 0 Å². The Labute approximate surface area is 178 Å². The van der Waals surface area contributed by atoms with Crippen molar-refractivity contribution < 1.29 is 9.59 Å². The van der Waals surface area contributed by atoms with Crippen LogP contribution in [-0.4, -0.2) is 28.1 Å². The fourth-order valence-electron chi connectivity index (χ4n) is 2.78. The molecule has 0 fully saturated rings. The summed E-state index contributed by atoms with van der Waals surface area (Å²) in [6.45, 7) is 5.60. The fraction of sp³-hybridized carbons (Fsp3) is 0.238. The number of rotatable bonds is 6. The Morgan fingerprint density at radius 1 is 1.03 bits per heavy atom. The smallest absolute Gasteiger partial charge is 0.252 e. The SMILES string of the molecule is Cc1ccccc1C(=O)NC(C(=O)Nc1nnc(-c2ccccc2Cl)s1)C(C)C. The van der Waals surface area contributed by atoms with Crippen molar-refractivity contribution in [3.8, 4) is 10.6 Å². The number of nitrogens with one attached hydrogen (secondary N) is 2. The number of nitrogens with zero attached hydrogens (tertiary/aromatic N) is 2. The van der Waals surface area contributed by atoms with Gasteiger partial charge in [0.2, 0.25) is 11.0 Å². The predicted octanol–water partition coefficient (Wildman–Crippen LogP) is 4.56. The van der Waals surface area contributed by atoms with Gasteiger partial charge in [-0.2, -0.15) is 0 Å². The molecule has 0 aliphatic rings. The molecule has 0 radical (unpaired) electrons. The Bertz CT molecular complexity index is 1030. The van der Waals surface area contributed by atoms with Crippen molar-refractivity contribution in [2.75, 3.05) is 5.32 Å². The largest absolute Gasteiger partial charge is 0.340 e. The van der Waals surface area contributed by atoms with Crippen molar-refractivity contribution in [1.29, 1.82) is 0 Å². The van der Waals surface area contributed by atoms with Gasteiger partial charge in [-0.05, 0) is 30.5 Å². The summed E-state index contributed by atoms with van der Waals surface area (Å²) in [6.07, 6.45) is 0. The summed E-state index contributed by atoms with van der Waals surface area (Å²) in [4.78, 5) is 25.4. The van der Waals surface area contributed by atoms with Crippen LogP contribution < -0.4 is 10.6 Å². The second-order valence-corrected chi connectivity index (χ2v) is 8.28. The van der Waals surface area contributed by atoms with E-state index in [2.05, 4.69) is 20.8 Å². The van der Waals surface area contributed by atoms with Gasteiger partial charge >= 0.3 is 0 Å². The molecule has 0 aliphatic heterocycles. The van der Waals surface area contributed by atoms with Crippen molar-refractivity contribution in [3.63, 3.8) is 0 Å². The number of hydrogen-bond donors (Lipinski definition) is 2. The number of amides is 2. The number of aromatic nitrogens is 2. The van der Waals surface area contributed by atoms with Crippen LogP contribution in [-0.2, 0) is 4.79 Å². The lowest BCUT2D eigenvalue weighted by Gasteiger charge is -2.21. The van der Waals surface area contributed by atoms with Crippen molar-refractivity contribution in [1.82, 2.24) is 15.5 Å². The van der Waals surface area contributed by atoms with Gasteiger partial charge in [0.25, 0.3) is 5.91 Å². The first-order chi connectivity index (χ1) is 13.9. The van der Waals surface area contributed by atoms with E-state index < -0.39 is 6.04 Å². The summed E-state index contributed by atoms with van der Waals surface area (Å²) < 4.78 is 0. The molecule has 8 heteroatoms. The lowest BCUT2D eigenvalue weighted by Crippen LogP contribution is -2.47. The molecule has 0 aliphatic carbocycles. The fourth-order valence-corrected chi connectivity index (χ4v) is 3.85. The minimum atomic E-state index is -0.713. The Balaban J connectivity index is 1.73. The molecule has 2 amide bonds. The van der Waals surface area contributed by atoms with Gasteiger partial charge in [0.05, 0.1) is 5.02 Å². The number of aryl methyl sites for hydroxylation is 1. The van der Waals surface area contributed by atoms with Crippen molar-refractivity contribution in [2.24, 2.45) is 5.92 Å². The summed E-state index contributed by atoms with van der Waals surface area (Å²) in [5, 5.41) is 15.2. The summed E-state index contributed by atoms with van der Waals surface area (Å²) >= 11 is 7.42. The maximum atomic E-state index is 12.8. The highest BCUT2D eigenvalue weighted by Crippen LogP contribution is 2.31. The molecule has 0 bridgehead atoms. The molecule has 3 aromatic rings. The standard InChI is InChI=1S/C21H21ClN4O2S/c1-12(2)17(23-18(27)14-9-5-4-8-13(14)3)19(28)24-21-26-25-20(29-21)15-10-6-7-11-16(15)22/h4-12,17H,1-3H3,(H,23,27)(H,24,26,28). The van der Waals surface area contributed by atoms with Crippen LogP contribution >= 0.6 is 22.9 Å². The number of benzene rings is 2. The number of hydrogen-bond acceptors (Lipinski definition) is 5. The van der Waals surface area contributed by atoms with Crippen LogP contribution in [0, 0.1) is 12.8 Å². The second-order valence-electron chi connectivity index (χ2n) is 6.89. The molecule has 1 heterocycles. The summed E-state index contributed by atoms with van der Waals surface area (Å²) in [7, 11) is 0. The first kappa shape index (κ1) is 21.0. The lowest BCUT2D eigenvalue weighted by atomic mass is 10.0. The maximum absolute atomic E-state index is 12.8. The summed E-state index contributed by atoms with van der Waals surface area (Å²) in [5.74, 6) is -0.742. The van der Waals surface area contributed by atoms with Crippen LogP contribution in [0.25, 0.3) is 10.6 Å². The molecule has 1 unspecified atom stereocenters. The van der Waals surface area contributed by atoms with Crippen LogP contribution in [0.3, 0.4) is 0 Å². The summed E-state index contributed by atoms with van der Waals surface area (Å²) in [5.41, 5.74) is 2.14. The van der Waals surface area contributed by atoms with Crippen LogP contribution in [0.5, 0.6) is 0 Å². The average molecular weight is 429 g/mol. The molecule has 2 aromatic carbocycles. The van der Waals surface area contributed by atoms with E-state index in [9.17, 15) is 9.59 Å². The van der Waals surface area contributed by atoms with Crippen molar-refractivity contribution >= 4 is 39.9 Å². The quantitative estimate of drug-likeness (QED) is 0.602. The van der Waals surface area contributed by atoms with Gasteiger partial charge in [0.15, 0.2) is 5.01 Å². The average Bonchev–Trinajstić information content (AvgIpc) is 3.14. The first-order valence-electron chi connectivity index (χ1n) is 9.12. The van der Waals surface area contributed by atoms with E-state index in [1.54, 1.807) is 18.2 Å². The minimum absolute atomic E-state index is 0.112. The third-order valence-corrected chi connectivity index (χ3v) is 5.59. The van der Waals surface area contributed by atoms with E-state index in [-0.39, 0.29) is 17.7 Å². The zero-order valence-electron chi connectivity index (χ0n) is 16.3. The van der Waals surface area contributed by atoms with Gasteiger partial charge in [-0.3, -0.25) is 14.9 Å². The normalized spacial score (nSPS) is 11.9. The number of anilines is 1.